The molecular weight excluding hydrogens is 225 g/mol. The molecular formula is C16H20FN. The van der Waals surface area contributed by atoms with Gasteiger partial charge in [-0.05, 0) is 55.7 Å². The van der Waals surface area contributed by atoms with Crippen molar-refractivity contribution < 1.29 is 4.39 Å². The van der Waals surface area contributed by atoms with Crippen LogP contribution in [0.4, 0.5) is 4.39 Å². The molecule has 0 amide bonds. The van der Waals surface area contributed by atoms with E-state index in [4.69, 9.17) is 5.73 Å². The molecule has 0 aliphatic heterocycles. The predicted octanol–water partition coefficient (Wildman–Crippen LogP) is 4.21. The number of benzene rings is 1. The molecule has 0 saturated heterocycles. The smallest absolute Gasteiger partial charge is 0.124 e. The molecule has 0 radical (unpaired) electrons. The summed E-state index contributed by atoms with van der Waals surface area (Å²) in [5.41, 5.74) is 10.3. The van der Waals surface area contributed by atoms with Crippen LogP contribution in [0, 0.1) is 5.82 Å². The molecule has 0 fully saturated rings. The van der Waals surface area contributed by atoms with Crippen molar-refractivity contribution in [3.05, 3.63) is 65.0 Å². The summed E-state index contributed by atoms with van der Waals surface area (Å²) in [5.74, 6) is -0.276. The van der Waals surface area contributed by atoms with Crippen molar-refractivity contribution in [2.24, 2.45) is 5.73 Å². The first-order valence-corrected chi connectivity index (χ1v) is 5.95. The van der Waals surface area contributed by atoms with Crippen LogP contribution in [0.15, 0.2) is 48.1 Å². The van der Waals surface area contributed by atoms with Crippen molar-refractivity contribution in [3.63, 3.8) is 0 Å². The number of hydrogen-bond donors (Lipinski definition) is 1. The second-order valence-electron chi connectivity index (χ2n) is 4.59. The second-order valence-corrected chi connectivity index (χ2v) is 4.59. The van der Waals surface area contributed by atoms with Gasteiger partial charge in [0.2, 0.25) is 0 Å². The van der Waals surface area contributed by atoms with E-state index in [1.807, 2.05) is 25.1 Å². The van der Waals surface area contributed by atoms with Crippen LogP contribution in [-0.4, -0.2) is 0 Å². The van der Waals surface area contributed by atoms with Gasteiger partial charge in [0.05, 0.1) is 0 Å². The molecule has 2 heteroatoms. The molecule has 0 heterocycles. The molecule has 0 spiro atoms. The Hall–Kier alpha value is -1.67. The number of allylic oxidation sites excluding steroid dienone is 5. The highest BCUT2D eigenvalue weighted by Gasteiger charge is 2.01. The van der Waals surface area contributed by atoms with Gasteiger partial charge in [-0.3, -0.25) is 0 Å². The van der Waals surface area contributed by atoms with Gasteiger partial charge in [0.25, 0.3) is 0 Å². The Kier molecular flexibility index (Phi) is 5.05. The Labute approximate surface area is 109 Å². The summed E-state index contributed by atoms with van der Waals surface area (Å²) in [6.45, 7) is 10.4. The van der Waals surface area contributed by atoms with Crippen molar-refractivity contribution >= 4 is 5.57 Å². The maximum atomic E-state index is 13.4. The topological polar surface area (TPSA) is 26.0 Å². The van der Waals surface area contributed by atoms with Gasteiger partial charge in [-0.15, -0.1) is 0 Å². The summed E-state index contributed by atoms with van der Waals surface area (Å²) < 4.78 is 13.4. The van der Waals surface area contributed by atoms with Crippen molar-refractivity contribution in [1.29, 1.82) is 0 Å². The predicted molar refractivity (Wildman–Crippen MR) is 76.5 cm³/mol. The Bertz CT molecular complexity index is 506. The van der Waals surface area contributed by atoms with E-state index < -0.39 is 0 Å². The summed E-state index contributed by atoms with van der Waals surface area (Å²) >= 11 is 0. The molecule has 0 bridgehead atoms. The molecule has 96 valence electrons. The van der Waals surface area contributed by atoms with Crippen molar-refractivity contribution in [3.8, 4) is 0 Å². The Morgan fingerprint density at radius 1 is 1.22 bits per heavy atom. The first-order chi connectivity index (χ1) is 8.43. The van der Waals surface area contributed by atoms with E-state index in [1.165, 1.54) is 23.3 Å². The minimum absolute atomic E-state index is 0.276. The molecule has 1 rings (SSSR count). The second kappa shape index (κ2) is 6.31. The lowest BCUT2D eigenvalue weighted by atomic mass is 10.0. The van der Waals surface area contributed by atoms with Gasteiger partial charge in [0.15, 0.2) is 0 Å². The van der Waals surface area contributed by atoms with Gasteiger partial charge in [0.1, 0.15) is 5.82 Å². The molecule has 0 saturated carbocycles. The van der Waals surface area contributed by atoms with E-state index in [-0.39, 0.29) is 5.82 Å². The fourth-order valence-corrected chi connectivity index (χ4v) is 1.44. The zero-order valence-electron chi connectivity index (χ0n) is 11.3. The first kappa shape index (κ1) is 14.4. The zero-order chi connectivity index (χ0) is 13.7. The summed E-state index contributed by atoms with van der Waals surface area (Å²) in [7, 11) is 0. The van der Waals surface area contributed by atoms with Crippen LogP contribution >= 0.6 is 0 Å². The number of halogens is 1. The minimum atomic E-state index is -0.276. The van der Waals surface area contributed by atoms with Gasteiger partial charge in [-0.25, -0.2) is 4.39 Å². The maximum Gasteiger partial charge on any atom is 0.124 e. The Morgan fingerprint density at radius 2 is 1.89 bits per heavy atom. The standard InChI is InChI=1S/C16H20FN/c1-11(2)12(3)5-6-13(4)15-7-14(10-18)8-16(17)9-15/h5-9H,4,10,18H2,1-3H3/b6-5-. The van der Waals surface area contributed by atoms with E-state index in [0.717, 1.165) is 16.7 Å². The highest BCUT2D eigenvalue weighted by atomic mass is 19.1. The fourth-order valence-electron chi connectivity index (χ4n) is 1.44. The van der Waals surface area contributed by atoms with Crippen LogP contribution in [0.5, 0.6) is 0 Å². The molecule has 0 aliphatic carbocycles. The fraction of sp³-hybridized carbons (Fsp3) is 0.250. The monoisotopic (exact) mass is 245 g/mol. The lowest BCUT2D eigenvalue weighted by Crippen LogP contribution is -1.98. The lowest BCUT2D eigenvalue weighted by Gasteiger charge is -2.05. The zero-order valence-corrected chi connectivity index (χ0v) is 11.3. The van der Waals surface area contributed by atoms with Crippen molar-refractivity contribution in [1.82, 2.24) is 0 Å². The van der Waals surface area contributed by atoms with Crippen LogP contribution in [0.25, 0.3) is 5.57 Å². The Balaban J connectivity index is 2.98. The van der Waals surface area contributed by atoms with Crippen LogP contribution < -0.4 is 5.73 Å². The highest BCUT2D eigenvalue weighted by molar-refractivity contribution is 5.73. The van der Waals surface area contributed by atoms with Gasteiger partial charge in [-0.1, -0.05) is 29.9 Å². The molecule has 0 unspecified atom stereocenters. The third-order valence-electron chi connectivity index (χ3n) is 2.89. The molecule has 1 aromatic rings. The van der Waals surface area contributed by atoms with Gasteiger partial charge >= 0.3 is 0 Å². The molecule has 0 atom stereocenters. The first-order valence-electron chi connectivity index (χ1n) is 5.95. The van der Waals surface area contributed by atoms with Crippen LogP contribution in [0.1, 0.15) is 31.9 Å². The van der Waals surface area contributed by atoms with Crippen molar-refractivity contribution in [2.45, 2.75) is 27.3 Å². The lowest BCUT2D eigenvalue weighted by molar-refractivity contribution is 0.625. The van der Waals surface area contributed by atoms with Crippen molar-refractivity contribution in [2.75, 3.05) is 0 Å². The highest BCUT2D eigenvalue weighted by Crippen LogP contribution is 2.18. The normalized spacial score (nSPS) is 10.7. The van der Waals surface area contributed by atoms with Crippen LogP contribution in [0.2, 0.25) is 0 Å². The van der Waals surface area contributed by atoms with E-state index >= 15 is 0 Å². The minimum Gasteiger partial charge on any atom is -0.326 e. The number of nitrogens with two attached hydrogens (primary N) is 1. The van der Waals surface area contributed by atoms with E-state index in [2.05, 4.69) is 20.4 Å². The van der Waals surface area contributed by atoms with Crippen LogP contribution in [0.3, 0.4) is 0 Å². The SMILES string of the molecule is C=C(/C=C\C(C)=C(C)C)c1cc(F)cc(CN)c1. The quantitative estimate of drug-likeness (QED) is 0.790. The molecule has 0 aromatic heterocycles. The molecule has 18 heavy (non-hydrogen) atoms. The summed E-state index contributed by atoms with van der Waals surface area (Å²) in [5, 5.41) is 0. The third kappa shape index (κ3) is 3.97. The van der Waals surface area contributed by atoms with Gasteiger partial charge < -0.3 is 5.73 Å². The summed E-state index contributed by atoms with van der Waals surface area (Å²) in [6, 6.07) is 4.79. The number of rotatable bonds is 4. The molecule has 1 nitrogen and oxygen atoms in total. The van der Waals surface area contributed by atoms with E-state index in [1.54, 1.807) is 0 Å². The largest absolute Gasteiger partial charge is 0.326 e. The molecule has 1 aromatic carbocycles. The summed E-state index contributed by atoms with van der Waals surface area (Å²) in [4.78, 5) is 0. The molecule has 2 N–H and O–H groups in total. The van der Waals surface area contributed by atoms with Gasteiger partial charge in [-0.2, -0.15) is 0 Å². The maximum absolute atomic E-state index is 13.4. The van der Waals surface area contributed by atoms with E-state index in [9.17, 15) is 4.39 Å². The van der Waals surface area contributed by atoms with Crippen LogP contribution in [-0.2, 0) is 6.54 Å². The average molecular weight is 245 g/mol. The van der Waals surface area contributed by atoms with E-state index in [0.29, 0.717) is 6.54 Å². The molecule has 0 aliphatic rings. The number of hydrogen-bond acceptors (Lipinski definition) is 1. The summed E-state index contributed by atoms with van der Waals surface area (Å²) in [6.07, 6.45) is 3.89. The average Bonchev–Trinajstić information content (AvgIpc) is 2.34. The van der Waals surface area contributed by atoms with Gasteiger partial charge in [0, 0.05) is 6.54 Å². The Morgan fingerprint density at radius 3 is 2.44 bits per heavy atom. The third-order valence-corrected chi connectivity index (χ3v) is 2.89.